The molecule has 2 heterocycles. The van der Waals surface area contributed by atoms with Crippen molar-refractivity contribution >= 4 is 5.97 Å². The molecular formula is C22H21N5O3. The van der Waals surface area contributed by atoms with E-state index in [1.54, 1.807) is 29.3 Å². The Labute approximate surface area is 173 Å². The molecule has 0 saturated carbocycles. The number of hydrogen-bond acceptors (Lipinski definition) is 6. The van der Waals surface area contributed by atoms with Crippen molar-refractivity contribution in [2.24, 2.45) is 7.05 Å². The molecule has 0 spiro atoms. The molecule has 0 atom stereocenters. The van der Waals surface area contributed by atoms with Crippen LogP contribution in [0.1, 0.15) is 27.3 Å². The van der Waals surface area contributed by atoms with Gasteiger partial charge in [0.25, 0.3) is 0 Å². The fourth-order valence-corrected chi connectivity index (χ4v) is 2.85. The monoisotopic (exact) mass is 403 g/mol. The van der Waals surface area contributed by atoms with Gasteiger partial charge in [0.1, 0.15) is 37.4 Å². The maximum atomic E-state index is 12.3. The normalized spacial score (nSPS) is 10.7. The van der Waals surface area contributed by atoms with Gasteiger partial charge in [-0.05, 0) is 35.4 Å². The second kappa shape index (κ2) is 9.04. The van der Waals surface area contributed by atoms with Gasteiger partial charge in [-0.2, -0.15) is 5.10 Å². The zero-order valence-corrected chi connectivity index (χ0v) is 16.5. The molecule has 152 valence electrons. The van der Waals surface area contributed by atoms with Crippen LogP contribution in [-0.2, 0) is 31.5 Å². The van der Waals surface area contributed by atoms with E-state index < -0.39 is 0 Å². The number of hydrogen-bond donors (Lipinski definition) is 0. The van der Waals surface area contributed by atoms with Gasteiger partial charge in [0.05, 0.1) is 12.1 Å². The molecule has 0 amide bonds. The first-order valence-electron chi connectivity index (χ1n) is 9.44. The summed E-state index contributed by atoms with van der Waals surface area (Å²) in [5.74, 6) is 1.22. The molecule has 0 unspecified atom stereocenters. The topological polar surface area (TPSA) is 84.1 Å². The SMILES string of the molecule is Cn1ccnc1COc1ccc(COC(=O)c2ccc(Cn3cncn3)cc2)cc1. The average Bonchev–Trinajstić information content (AvgIpc) is 3.43. The van der Waals surface area contributed by atoms with Crippen molar-refractivity contribution in [2.45, 2.75) is 19.8 Å². The number of esters is 1. The lowest BCUT2D eigenvalue weighted by Crippen LogP contribution is -2.06. The predicted molar refractivity (Wildman–Crippen MR) is 109 cm³/mol. The maximum Gasteiger partial charge on any atom is 0.338 e. The summed E-state index contributed by atoms with van der Waals surface area (Å²) >= 11 is 0. The molecule has 0 saturated heterocycles. The van der Waals surface area contributed by atoms with Crippen LogP contribution in [0.5, 0.6) is 5.75 Å². The minimum Gasteiger partial charge on any atom is -0.486 e. The molecule has 0 bridgehead atoms. The summed E-state index contributed by atoms with van der Waals surface area (Å²) in [6.07, 6.45) is 6.75. The number of benzene rings is 2. The third kappa shape index (κ3) is 4.91. The van der Waals surface area contributed by atoms with Crippen LogP contribution in [0.3, 0.4) is 0 Å². The fraction of sp³-hybridized carbons (Fsp3) is 0.182. The van der Waals surface area contributed by atoms with E-state index in [0.29, 0.717) is 18.7 Å². The third-order valence-electron chi connectivity index (χ3n) is 4.58. The molecule has 4 rings (SSSR count). The Balaban J connectivity index is 1.26. The van der Waals surface area contributed by atoms with Gasteiger partial charge in [0.15, 0.2) is 0 Å². The van der Waals surface area contributed by atoms with E-state index in [9.17, 15) is 4.79 Å². The van der Waals surface area contributed by atoms with Crippen molar-refractivity contribution in [3.05, 3.63) is 96.1 Å². The first-order chi connectivity index (χ1) is 14.7. The van der Waals surface area contributed by atoms with E-state index in [1.807, 2.05) is 54.2 Å². The molecule has 8 nitrogen and oxygen atoms in total. The van der Waals surface area contributed by atoms with Gasteiger partial charge in [-0.25, -0.2) is 19.4 Å². The van der Waals surface area contributed by atoms with Crippen molar-refractivity contribution < 1.29 is 14.3 Å². The molecule has 0 aliphatic rings. The lowest BCUT2D eigenvalue weighted by Gasteiger charge is -2.08. The maximum absolute atomic E-state index is 12.3. The first kappa shape index (κ1) is 19.4. The summed E-state index contributed by atoms with van der Waals surface area (Å²) in [6, 6.07) is 14.7. The van der Waals surface area contributed by atoms with E-state index in [-0.39, 0.29) is 12.6 Å². The summed E-state index contributed by atoms with van der Waals surface area (Å²) in [4.78, 5) is 20.4. The van der Waals surface area contributed by atoms with Gasteiger partial charge in [0, 0.05) is 19.4 Å². The second-order valence-electron chi connectivity index (χ2n) is 6.75. The fourth-order valence-electron chi connectivity index (χ4n) is 2.85. The van der Waals surface area contributed by atoms with E-state index in [4.69, 9.17) is 9.47 Å². The van der Waals surface area contributed by atoms with Crippen LogP contribution in [0, 0.1) is 0 Å². The first-order valence-corrected chi connectivity index (χ1v) is 9.44. The van der Waals surface area contributed by atoms with E-state index in [0.717, 1.165) is 22.7 Å². The summed E-state index contributed by atoms with van der Waals surface area (Å²) in [6.45, 7) is 1.19. The second-order valence-corrected chi connectivity index (χ2v) is 6.75. The third-order valence-corrected chi connectivity index (χ3v) is 4.58. The summed E-state index contributed by atoms with van der Waals surface area (Å²) < 4.78 is 14.8. The zero-order valence-electron chi connectivity index (χ0n) is 16.5. The highest BCUT2D eigenvalue weighted by Crippen LogP contribution is 2.15. The molecule has 8 heteroatoms. The van der Waals surface area contributed by atoms with Gasteiger partial charge >= 0.3 is 5.97 Å². The van der Waals surface area contributed by atoms with Crippen molar-refractivity contribution in [1.82, 2.24) is 24.3 Å². The molecule has 4 aromatic rings. The van der Waals surface area contributed by atoms with Crippen LogP contribution >= 0.6 is 0 Å². The number of carbonyl (C=O) groups is 1. The molecular weight excluding hydrogens is 382 g/mol. The van der Waals surface area contributed by atoms with E-state index in [2.05, 4.69) is 15.1 Å². The van der Waals surface area contributed by atoms with Crippen LogP contribution < -0.4 is 4.74 Å². The van der Waals surface area contributed by atoms with Gasteiger partial charge in [0.2, 0.25) is 0 Å². The Bertz CT molecular complexity index is 1090. The van der Waals surface area contributed by atoms with Crippen LogP contribution in [0.25, 0.3) is 0 Å². The molecule has 0 aliphatic heterocycles. The Hall–Kier alpha value is -3.94. The molecule has 2 aromatic carbocycles. The molecule has 0 fully saturated rings. The molecule has 0 radical (unpaired) electrons. The van der Waals surface area contributed by atoms with E-state index >= 15 is 0 Å². The van der Waals surface area contributed by atoms with Crippen molar-refractivity contribution in [3.8, 4) is 5.75 Å². The quantitative estimate of drug-likeness (QED) is 0.421. The number of ether oxygens (including phenoxy) is 2. The van der Waals surface area contributed by atoms with Gasteiger partial charge < -0.3 is 14.0 Å². The number of aryl methyl sites for hydroxylation is 1. The average molecular weight is 403 g/mol. The number of imidazole rings is 1. The Kier molecular flexibility index (Phi) is 5.84. The molecule has 0 aliphatic carbocycles. The van der Waals surface area contributed by atoms with Crippen molar-refractivity contribution in [2.75, 3.05) is 0 Å². The molecule has 30 heavy (non-hydrogen) atoms. The number of nitrogens with zero attached hydrogens (tertiary/aromatic N) is 5. The van der Waals surface area contributed by atoms with Gasteiger partial charge in [-0.1, -0.05) is 24.3 Å². The van der Waals surface area contributed by atoms with Gasteiger partial charge in [-0.3, -0.25) is 0 Å². The highest BCUT2D eigenvalue weighted by atomic mass is 16.5. The summed E-state index contributed by atoms with van der Waals surface area (Å²) in [7, 11) is 1.92. The van der Waals surface area contributed by atoms with Crippen molar-refractivity contribution in [1.29, 1.82) is 0 Å². The van der Waals surface area contributed by atoms with Crippen molar-refractivity contribution in [3.63, 3.8) is 0 Å². The van der Waals surface area contributed by atoms with Crippen LogP contribution in [0.4, 0.5) is 0 Å². The van der Waals surface area contributed by atoms with Crippen LogP contribution in [-0.4, -0.2) is 30.3 Å². The van der Waals surface area contributed by atoms with Crippen LogP contribution in [0.15, 0.2) is 73.6 Å². The number of aromatic nitrogens is 5. The van der Waals surface area contributed by atoms with Gasteiger partial charge in [-0.15, -0.1) is 0 Å². The lowest BCUT2D eigenvalue weighted by atomic mass is 10.1. The Morgan fingerprint density at radius 3 is 2.43 bits per heavy atom. The highest BCUT2D eigenvalue weighted by Gasteiger charge is 2.08. The van der Waals surface area contributed by atoms with Crippen LogP contribution in [0.2, 0.25) is 0 Å². The minimum absolute atomic E-state index is 0.194. The predicted octanol–water partition coefficient (Wildman–Crippen LogP) is 3.00. The Morgan fingerprint density at radius 1 is 1.00 bits per heavy atom. The lowest BCUT2D eigenvalue weighted by molar-refractivity contribution is 0.0472. The highest BCUT2D eigenvalue weighted by molar-refractivity contribution is 5.89. The van der Waals surface area contributed by atoms with E-state index in [1.165, 1.54) is 6.33 Å². The number of carbonyl (C=O) groups excluding carboxylic acids is 1. The largest absolute Gasteiger partial charge is 0.486 e. The zero-order chi connectivity index (χ0) is 20.8. The molecule has 2 aromatic heterocycles. The summed E-state index contributed by atoms with van der Waals surface area (Å²) in [5.41, 5.74) is 2.42. The Morgan fingerprint density at radius 2 is 1.77 bits per heavy atom. The molecule has 0 N–H and O–H groups in total. The number of rotatable bonds is 8. The minimum atomic E-state index is -0.364. The summed E-state index contributed by atoms with van der Waals surface area (Å²) in [5, 5.41) is 4.07. The standard InChI is InChI=1S/C22H21N5O3/c1-26-11-10-24-21(26)14-29-20-8-4-18(5-9-20)13-30-22(28)19-6-2-17(3-7-19)12-27-16-23-15-25-27/h2-11,15-16H,12-14H2,1H3. The smallest absolute Gasteiger partial charge is 0.338 e.